The van der Waals surface area contributed by atoms with Gasteiger partial charge in [0.1, 0.15) is 5.82 Å². The van der Waals surface area contributed by atoms with Gasteiger partial charge < -0.3 is 20.3 Å². The molecule has 2 aliphatic heterocycles. The number of ether oxygens (including phenoxy) is 1. The molecule has 0 unspecified atom stereocenters. The summed E-state index contributed by atoms with van der Waals surface area (Å²) in [5.74, 6) is -1.14. The molecule has 0 radical (unpaired) electrons. The van der Waals surface area contributed by atoms with Crippen LogP contribution in [0.4, 0.5) is 32.8 Å². The lowest BCUT2D eigenvalue weighted by Gasteiger charge is -2.39. The third kappa shape index (κ3) is 6.53. The molecule has 4 rings (SSSR count). The number of anilines is 1. The maximum atomic E-state index is 14.0. The van der Waals surface area contributed by atoms with Crippen LogP contribution in [-0.2, 0) is 15.7 Å². The molecule has 2 aromatic carbocycles. The molecule has 0 spiro atoms. The first-order chi connectivity index (χ1) is 19.0. The van der Waals surface area contributed by atoms with Crippen molar-refractivity contribution in [2.45, 2.75) is 19.1 Å². The number of rotatable bonds is 6. The Morgan fingerprint density at radius 3 is 2.35 bits per heavy atom. The molecule has 0 aliphatic carbocycles. The molecule has 13 heteroatoms. The summed E-state index contributed by atoms with van der Waals surface area (Å²) < 4.78 is 57.6. The van der Waals surface area contributed by atoms with Crippen LogP contribution in [0.25, 0.3) is 0 Å². The van der Waals surface area contributed by atoms with E-state index in [-0.39, 0.29) is 24.4 Å². The van der Waals surface area contributed by atoms with Crippen molar-refractivity contribution in [1.82, 2.24) is 20.0 Å². The molecule has 2 aliphatic rings. The number of benzene rings is 2. The zero-order valence-corrected chi connectivity index (χ0v) is 21.9. The number of likely N-dealkylation sites (N-methyl/N-ethyl adjacent to an activating group) is 1. The molecular weight excluding hydrogens is 534 g/mol. The first kappa shape index (κ1) is 28.9. The minimum atomic E-state index is -4.47. The largest absolute Gasteiger partial charge is 0.463 e. The van der Waals surface area contributed by atoms with Crippen molar-refractivity contribution in [3.05, 3.63) is 76.7 Å². The van der Waals surface area contributed by atoms with Crippen LogP contribution in [0.1, 0.15) is 24.1 Å². The molecule has 9 nitrogen and oxygen atoms in total. The lowest BCUT2D eigenvalue weighted by atomic mass is 9.94. The van der Waals surface area contributed by atoms with Gasteiger partial charge in [0.25, 0.3) is 0 Å². The number of esters is 1. The van der Waals surface area contributed by atoms with Crippen LogP contribution < -0.4 is 10.6 Å². The molecule has 214 valence electrons. The van der Waals surface area contributed by atoms with E-state index in [1.807, 2.05) is 4.90 Å². The summed E-state index contributed by atoms with van der Waals surface area (Å²) in [6.45, 7) is 3.37. The lowest BCUT2D eigenvalue weighted by molar-refractivity contribution is -0.139. The summed E-state index contributed by atoms with van der Waals surface area (Å²) in [5.41, 5.74) is 0.419. The van der Waals surface area contributed by atoms with Gasteiger partial charge >= 0.3 is 24.2 Å². The third-order valence-electron chi connectivity index (χ3n) is 6.75. The number of hydrogen-bond donors (Lipinski definition) is 2. The average molecular weight is 564 g/mol. The van der Waals surface area contributed by atoms with Crippen molar-refractivity contribution in [3.63, 3.8) is 0 Å². The summed E-state index contributed by atoms with van der Waals surface area (Å²) >= 11 is 0. The number of piperazine rings is 1. The Morgan fingerprint density at radius 1 is 1.07 bits per heavy atom. The summed E-state index contributed by atoms with van der Waals surface area (Å²) in [7, 11) is 1.53. The van der Waals surface area contributed by atoms with Crippen molar-refractivity contribution in [2.24, 2.45) is 0 Å². The minimum absolute atomic E-state index is 0.107. The van der Waals surface area contributed by atoms with Crippen LogP contribution in [0.3, 0.4) is 0 Å². The molecule has 1 atom stereocenters. The fourth-order valence-electron chi connectivity index (χ4n) is 4.60. The molecule has 1 saturated heterocycles. The van der Waals surface area contributed by atoms with E-state index in [1.54, 1.807) is 13.0 Å². The number of urea groups is 2. The summed E-state index contributed by atoms with van der Waals surface area (Å²) in [4.78, 5) is 43.4. The van der Waals surface area contributed by atoms with E-state index in [0.717, 1.165) is 12.1 Å². The molecule has 0 saturated carbocycles. The van der Waals surface area contributed by atoms with Crippen molar-refractivity contribution < 1.29 is 36.7 Å². The number of amides is 4. The van der Waals surface area contributed by atoms with E-state index in [9.17, 15) is 31.9 Å². The van der Waals surface area contributed by atoms with Crippen molar-refractivity contribution in [3.8, 4) is 0 Å². The Labute approximate surface area is 228 Å². The van der Waals surface area contributed by atoms with Gasteiger partial charge in [0.05, 0.1) is 23.8 Å². The van der Waals surface area contributed by atoms with E-state index in [2.05, 4.69) is 10.6 Å². The Morgan fingerprint density at radius 2 is 1.75 bits per heavy atom. The summed E-state index contributed by atoms with van der Waals surface area (Å²) in [6.07, 6.45) is -4.47. The van der Waals surface area contributed by atoms with Crippen molar-refractivity contribution >= 4 is 23.7 Å². The quantitative estimate of drug-likeness (QED) is 0.406. The summed E-state index contributed by atoms with van der Waals surface area (Å²) in [6, 6.07) is 7.98. The topological polar surface area (TPSA) is 94.2 Å². The number of carbonyl (C=O) groups is 3. The van der Waals surface area contributed by atoms with Gasteiger partial charge in [0.15, 0.2) is 0 Å². The second kappa shape index (κ2) is 11.9. The Bertz CT molecular complexity index is 1290. The number of nitrogens with zero attached hydrogens (tertiary/aromatic N) is 3. The molecule has 40 heavy (non-hydrogen) atoms. The summed E-state index contributed by atoms with van der Waals surface area (Å²) in [5, 5.41) is 5.35. The first-order valence-electron chi connectivity index (χ1n) is 12.6. The Kier molecular flexibility index (Phi) is 8.62. The van der Waals surface area contributed by atoms with E-state index < -0.39 is 41.6 Å². The molecule has 4 amide bonds. The van der Waals surface area contributed by atoms with Gasteiger partial charge in [-0.15, -0.1) is 0 Å². The number of nitrogens with one attached hydrogen (secondary N) is 2. The molecule has 0 bridgehead atoms. The fourth-order valence-corrected chi connectivity index (χ4v) is 4.60. The number of hydrogen-bond acceptors (Lipinski definition) is 5. The maximum Gasteiger partial charge on any atom is 0.416 e. The Balaban J connectivity index is 1.47. The third-order valence-corrected chi connectivity index (χ3v) is 6.75. The van der Waals surface area contributed by atoms with E-state index in [1.165, 1.54) is 47.2 Å². The van der Waals surface area contributed by atoms with Gasteiger partial charge in [-0.1, -0.05) is 12.1 Å². The van der Waals surface area contributed by atoms with Gasteiger partial charge in [-0.25, -0.2) is 18.8 Å². The number of carbonyl (C=O) groups excluding carboxylic acids is 3. The first-order valence-corrected chi connectivity index (χ1v) is 12.6. The lowest BCUT2D eigenvalue weighted by Crippen LogP contribution is -2.53. The predicted octanol–water partition coefficient (Wildman–Crippen LogP) is 4.21. The fraction of sp³-hybridized carbons (Fsp3) is 0.370. The average Bonchev–Trinajstić information content (AvgIpc) is 2.91. The normalized spacial score (nSPS) is 18.4. The van der Waals surface area contributed by atoms with Crippen molar-refractivity contribution in [2.75, 3.05) is 51.7 Å². The maximum absolute atomic E-state index is 14.0. The van der Waals surface area contributed by atoms with Gasteiger partial charge in [-0.05, 0) is 48.9 Å². The van der Waals surface area contributed by atoms with Crippen LogP contribution in [0.2, 0.25) is 0 Å². The van der Waals surface area contributed by atoms with E-state index in [4.69, 9.17) is 4.74 Å². The van der Waals surface area contributed by atoms with Crippen LogP contribution in [-0.4, -0.2) is 79.1 Å². The van der Waals surface area contributed by atoms with E-state index >= 15 is 0 Å². The zero-order chi connectivity index (χ0) is 29.0. The van der Waals surface area contributed by atoms with Crippen LogP contribution in [0.5, 0.6) is 0 Å². The zero-order valence-electron chi connectivity index (χ0n) is 21.9. The van der Waals surface area contributed by atoms with Crippen LogP contribution in [0.15, 0.2) is 59.8 Å². The van der Waals surface area contributed by atoms with Gasteiger partial charge in [0.2, 0.25) is 0 Å². The molecule has 2 N–H and O–H groups in total. The second-order valence-corrected chi connectivity index (χ2v) is 9.35. The highest BCUT2D eigenvalue weighted by molar-refractivity contribution is 5.95. The highest BCUT2D eigenvalue weighted by Gasteiger charge is 2.38. The van der Waals surface area contributed by atoms with Gasteiger partial charge in [-0.2, -0.15) is 13.2 Å². The van der Waals surface area contributed by atoms with E-state index in [0.29, 0.717) is 37.4 Å². The standard InChI is InChI=1S/C27H29F4N5O4/c1-3-40-24(37)22-21(34(2)25(38)33-23(22)17-5-4-6-19(28)15-17)16-35-11-13-36(14-12-35)26(39)32-20-9-7-18(8-10-20)27(29,30)31/h4-10,15,23H,3,11-14,16H2,1-2H3,(H,32,39)(H,33,38)/t23-/m0/s1. The second-order valence-electron chi connectivity index (χ2n) is 9.35. The Hall–Kier alpha value is -4.13. The number of halogens is 4. The SMILES string of the molecule is CCOC(=O)C1=C(CN2CCN(C(=O)Nc3ccc(C(F)(F)F)cc3)CC2)N(C)C(=O)N[C@H]1c1cccc(F)c1. The minimum Gasteiger partial charge on any atom is -0.463 e. The molecule has 2 heterocycles. The molecule has 2 aromatic rings. The molecule has 0 aromatic heterocycles. The monoisotopic (exact) mass is 563 g/mol. The van der Waals surface area contributed by atoms with Crippen LogP contribution in [0, 0.1) is 5.82 Å². The highest BCUT2D eigenvalue weighted by Crippen LogP contribution is 2.32. The van der Waals surface area contributed by atoms with Crippen molar-refractivity contribution in [1.29, 1.82) is 0 Å². The number of alkyl halides is 3. The van der Waals surface area contributed by atoms with Gasteiger partial charge in [-0.3, -0.25) is 9.80 Å². The van der Waals surface area contributed by atoms with Crippen LogP contribution >= 0.6 is 0 Å². The predicted molar refractivity (Wildman–Crippen MR) is 138 cm³/mol. The van der Waals surface area contributed by atoms with Gasteiger partial charge in [0, 0.05) is 51.2 Å². The smallest absolute Gasteiger partial charge is 0.416 e. The molecule has 1 fully saturated rings. The molecular formula is C27H29F4N5O4. The highest BCUT2D eigenvalue weighted by atomic mass is 19.4.